The first-order valence-electron chi connectivity index (χ1n) is 9.79. The summed E-state index contributed by atoms with van der Waals surface area (Å²) < 4.78 is 5.43. The average Bonchev–Trinajstić information content (AvgIpc) is 3.23. The monoisotopic (exact) mass is 379 g/mol. The van der Waals surface area contributed by atoms with Gasteiger partial charge in [0.25, 0.3) is 5.91 Å². The van der Waals surface area contributed by atoms with Gasteiger partial charge in [0.1, 0.15) is 12.3 Å². The number of fused-ring (bicyclic) bond motifs is 1. The molecule has 1 fully saturated rings. The molecule has 0 aliphatic carbocycles. The molecule has 2 aliphatic rings. The van der Waals surface area contributed by atoms with Crippen LogP contribution in [0.2, 0.25) is 0 Å². The average molecular weight is 379 g/mol. The zero-order chi connectivity index (χ0) is 19.3. The van der Waals surface area contributed by atoms with Crippen LogP contribution in [0.5, 0.6) is 5.75 Å². The first-order chi connectivity index (χ1) is 13.7. The van der Waals surface area contributed by atoms with Crippen molar-refractivity contribution >= 4 is 17.5 Å². The fourth-order valence-corrected chi connectivity index (χ4v) is 3.79. The second-order valence-corrected chi connectivity index (χ2v) is 7.26. The molecule has 2 aliphatic heterocycles. The third-order valence-electron chi connectivity index (χ3n) is 5.30. The van der Waals surface area contributed by atoms with Crippen LogP contribution in [0, 0.1) is 0 Å². The summed E-state index contributed by atoms with van der Waals surface area (Å²) in [5, 5.41) is 2.97. The second kappa shape index (κ2) is 8.44. The molecule has 1 saturated heterocycles. The maximum Gasteiger partial charge on any atom is 0.265 e. The third-order valence-corrected chi connectivity index (χ3v) is 5.30. The lowest BCUT2D eigenvalue weighted by Crippen LogP contribution is -2.45. The Hall–Kier alpha value is -2.86. The molecule has 4 rings (SSSR count). The van der Waals surface area contributed by atoms with Crippen LogP contribution in [0.1, 0.15) is 24.0 Å². The number of likely N-dealkylation sites (tertiary alicyclic amines) is 1. The van der Waals surface area contributed by atoms with Crippen LogP contribution in [-0.4, -0.2) is 43.0 Å². The lowest BCUT2D eigenvalue weighted by Gasteiger charge is -2.28. The van der Waals surface area contributed by atoms with Gasteiger partial charge in [-0.3, -0.25) is 19.4 Å². The van der Waals surface area contributed by atoms with Gasteiger partial charge in [0.05, 0.1) is 5.69 Å². The molecule has 6 nitrogen and oxygen atoms in total. The first-order valence-corrected chi connectivity index (χ1v) is 9.79. The molecule has 146 valence electrons. The normalized spacial score (nSPS) is 16.6. The molecule has 28 heavy (non-hydrogen) atoms. The quantitative estimate of drug-likeness (QED) is 0.837. The number of benzene rings is 2. The van der Waals surface area contributed by atoms with E-state index in [1.165, 1.54) is 23.3 Å². The van der Waals surface area contributed by atoms with Crippen LogP contribution in [0.15, 0.2) is 48.5 Å². The lowest BCUT2D eigenvalue weighted by atomic mass is 10.1. The van der Waals surface area contributed by atoms with E-state index in [1.54, 1.807) is 12.1 Å². The Balaban J connectivity index is 1.38. The van der Waals surface area contributed by atoms with E-state index in [2.05, 4.69) is 22.3 Å². The molecule has 0 spiro atoms. The molecule has 0 aromatic heterocycles. The molecule has 0 bridgehead atoms. The van der Waals surface area contributed by atoms with Gasteiger partial charge in [-0.1, -0.05) is 36.4 Å². The number of rotatable bonds is 6. The van der Waals surface area contributed by atoms with Gasteiger partial charge >= 0.3 is 0 Å². The van der Waals surface area contributed by atoms with E-state index in [0.29, 0.717) is 18.0 Å². The van der Waals surface area contributed by atoms with Crippen molar-refractivity contribution in [3.05, 3.63) is 59.7 Å². The molecule has 2 amide bonds. The first kappa shape index (κ1) is 18.5. The Morgan fingerprint density at radius 2 is 1.71 bits per heavy atom. The fourth-order valence-electron chi connectivity index (χ4n) is 3.79. The summed E-state index contributed by atoms with van der Waals surface area (Å²) in [7, 11) is 0. The molecule has 0 atom stereocenters. The van der Waals surface area contributed by atoms with Crippen molar-refractivity contribution in [2.75, 3.05) is 31.1 Å². The van der Waals surface area contributed by atoms with E-state index in [0.717, 1.165) is 25.2 Å². The maximum atomic E-state index is 12.5. The molecule has 0 unspecified atom stereocenters. The number of nitrogens with one attached hydrogen (secondary N) is 1. The van der Waals surface area contributed by atoms with Crippen molar-refractivity contribution in [1.29, 1.82) is 0 Å². The largest absolute Gasteiger partial charge is 0.482 e. The Bertz CT molecular complexity index is 862. The topological polar surface area (TPSA) is 61.9 Å². The number of nitrogens with zero attached hydrogens (tertiary/aromatic N) is 2. The van der Waals surface area contributed by atoms with Crippen LogP contribution in [0.3, 0.4) is 0 Å². The zero-order valence-corrected chi connectivity index (χ0v) is 15.9. The zero-order valence-electron chi connectivity index (χ0n) is 15.9. The number of hydrogen-bond donors (Lipinski definition) is 1. The van der Waals surface area contributed by atoms with E-state index in [9.17, 15) is 9.59 Å². The SMILES string of the molecule is O=C(CN1C(=O)COc2ccccc21)NCc1ccccc1CN1CCCC1. The summed E-state index contributed by atoms with van der Waals surface area (Å²) in [4.78, 5) is 28.7. The van der Waals surface area contributed by atoms with Crippen molar-refractivity contribution in [2.24, 2.45) is 0 Å². The molecule has 1 N–H and O–H groups in total. The number of ether oxygens (including phenoxy) is 1. The van der Waals surface area contributed by atoms with Crippen molar-refractivity contribution in [1.82, 2.24) is 10.2 Å². The van der Waals surface area contributed by atoms with Crippen molar-refractivity contribution in [3.8, 4) is 5.75 Å². The summed E-state index contributed by atoms with van der Waals surface area (Å²) in [5.74, 6) is 0.246. The molecule has 2 aromatic rings. The van der Waals surface area contributed by atoms with Crippen LogP contribution in [0.4, 0.5) is 5.69 Å². The van der Waals surface area contributed by atoms with E-state index in [1.807, 2.05) is 24.3 Å². The van der Waals surface area contributed by atoms with Crippen molar-refractivity contribution in [3.63, 3.8) is 0 Å². The van der Waals surface area contributed by atoms with Gasteiger partial charge in [-0.2, -0.15) is 0 Å². The highest BCUT2D eigenvalue weighted by molar-refractivity contribution is 6.02. The van der Waals surface area contributed by atoms with Gasteiger partial charge in [-0.25, -0.2) is 0 Å². The predicted octanol–water partition coefficient (Wildman–Crippen LogP) is 2.32. The van der Waals surface area contributed by atoms with E-state index >= 15 is 0 Å². The van der Waals surface area contributed by atoms with E-state index < -0.39 is 0 Å². The molecular formula is C22H25N3O3. The lowest BCUT2D eigenvalue weighted by molar-refractivity contribution is -0.125. The summed E-state index contributed by atoms with van der Waals surface area (Å²) in [5.41, 5.74) is 3.01. The number of anilines is 1. The number of amides is 2. The summed E-state index contributed by atoms with van der Waals surface area (Å²) in [6, 6.07) is 15.5. The van der Waals surface area contributed by atoms with Gasteiger partial charge in [0.15, 0.2) is 6.61 Å². The molecule has 2 aromatic carbocycles. The Morgan fingerprint density at radius 3 is 2.54 bits per heavy atom. The van der Waals surface area contributed by atoms with Crippen molar-refractivity contribution < 1.29 is 14.3 Å². The minimum absolute atomic E-state index is 0.00645. The van der Waals surface area contributed by atoms with Crippen LogP contribution in [-0.2, 0) is 22.7 Å². The molecule has 6 heteroatoms. The molecular weight excluding hydrogens is 354 g/mol. The highest BCUT2D eigenvalue weighted by Crippen LogP contribution is 2.31. The minimum atomic E-state index is -0.205. The van der Waals surface area contributed by atoms with E-state index in [4.69, 9.17) is 4.74 Å². The van der Waals surface area contributed by atoms with Gasteiger partial charge in [-0.15, -0.1) is 0 Å². The highest BCUT2D eigenvalue weighted by atomic mass is 16.5. The summed E-state index contributed by atoms with van der Waals surface area (Å²) >= 11 is 0. The minimum Gasteiger partial charge on any atom is -0.482 e. The van der Waals surface area contributed by atoms with Gasteiger partial charge in [0, 0.05) is 13.1 Å². The maximum absolute atomic E-state index is 12.5. The van der Waals surface area contributed by atoms with E-state index in [-0.39, 0.29) is 25.0 Å². The van der Waals surface area contributed by atoms with Gasteiger partial charge < -0.3 is 10.1 Å². The smallest absolute Gasteiger partial charge is 0.265 e. The Labute approximate surface area is 165 Å². The van der Waals surface area contributed by atoms with Gasteiger partial charge in [0.2, 0.25) is 5.91 Å². The second-order valence-electron chi connectivity index (χ2n) is 7.26. The Kier molecular flexibility index (Phi) is 5.58. The van der Waals surface area contributed by atoms with Crippen LogP contribution < -0.4 is 15.0 Å². The standard InChI is InChI=1S/C22H25N3O3/c26-21(15-25-19-9-3-4-10-20(19)28-16-22(25)27)23-13-17-7-1-2-8-18(17)14-24-11-5-6-12-24/h1-4,7-10H,5-6,11-16H2,(H,23,26). The fraction of sp³-hybridized carbons (Fsp3) is 0.364. The Morgan fingerprint density at radius 1 is 1.00 bits per heavy atom. The van der Waals surface area contributed by atoms with Crippen LogP contribution >= 0.6 is 0 Å². The molecule has 0 radical (unpaired) electrons. The number of para-hydroxylation sites is 2. The summed E-state index contributed by atoms with van der Waals surface area (Å²) in [6.07, 6.45) is 2.52. The van der Waals surface area contributed by atoms with Crippen molar-refractivity contribution in [2.45, 2.75) is 25.9 Å². The predicted molar refractivity (Wildman–Crippen MR) is 107 cm³/mol. The summed E-state index contributed by atoms with van der Waals surface area (Å²) in [6.45, 7) is 3.61. The molecule has 2 heterocycles. The third kappa shape index (κ3) is 4.17. The van der Waals surface area contributed by atoms with Gasteiger partial charge in [-0.05, 0) is 49.2 Å². The number of hydrogen-bond acceptors (Lipinski definition) is 4. The number of carbonyl (C=O) groups excluding carboxylic acids is 2. The molecule has 0 saturated carbocycles. The highest BCUT2D eigenvalue weighted by Gasteiger charge is 2.26. The van der Waals surface area contributed by atoms with Crippen LogP contribution in [0.25, 0.3) is 0 Å². The number of carbonyl (C=O) groups is 2.